The van der Waals surface area contributed by atoms with Crippen LogP contribution in [0, 0.1) is 0 Å². The summed E-state index contributed by atoms with van der Waals surface area (Å²) >= 11 is 0. The molecular weight excluding hydrogens is 321 g/mol. The van der Waals surface area contributed by atoms with Gasteiger partial charge in [0, 0.05) is 26.7 Å². The molecule has 0 saturated carbocycles. The molecule has 1 saturated heterocycles. The molecule has 1 aromatic rings. The number of hydrogen-bond acceptors (Lipinski definition) is 3. The van der Waals surface area contributed by atoms with Gasteiger partial charge in [-0.15, -0.1) is 12.4 Å². The summed E-state index contributed by atoms with van der Waals surface area (Å²) in [5.41, 5.74) is -0.166. The van der Waals surface area contributed by atoms with Gasteiger partial charge in [-0.1, -0.05) is 6.07 Å². The summed E-state index contributed by atoms with van der Waals surface area (Å²) in [5.74, 6) is -0.521. The quantitative estimate of drug-likeness (QED) is 0.901. The Morgan fingerprint density at radius 2 is 2.14 bits per heavy atom. The summed E-state index contributed by atoms with van der Waals surface area (Å²) in [7, 11) is 1.43. The number of methoxy groups -OCH3 is 1. The molecule has 1 N–H and O–H groups in total. The molecule has 1 aromatic carbocycles. The Bertz CT molecular complexity index is 592. The van der Waals surface area contributed by atoms with E-state index in [0.717, 1.165) is 6.07 Å². The standard InChI is InChI=1S/C14H15F3N2O2.ClH/c1-21-7-8-4-9-11-6-18-2-3-19(11)13(20)12(9)10(5-8)14(15,16)17;/h4-5,11,18H,2-3,6-7H2,1H3;1H/t11-;/m0./s1. The third kappa shape index (κ3) is 2.68. The number of fused-ring (bicyclic) bond motifs is 3. The van der Waals surface area contributed by atoms with Crippen LogP contribution >= 0.6 is 12.4 Å². The summed E-state index contributed by atoms with van der Waals surface area (Å²) in [4.78, 5) is 13.9. The highest BCUT2D eigenvalue weighted by atomic mass is 35.5. The number of carbonyl (C=O) groups excluding carboxylic acids is 1. The Morgan fingerprint density at radius 1 is 1.41 bits per heavy atom. The van der Waals surface area contributed by atoms with Crippen molar-refractivity contribution in [2.24, 2.45) is 0 Å². The van der Waals surface area contributed by atoms with Crippen LogP contribution in [0.15, 0.2) is 12.1 Å². The molecule has 0 aliphatic carbocycles. The maximum absolute atomic E-state index is 13.3. The van der Waals surface area contributed by atoms with E-state index in [-0.39, 0.29) is 30.6 Å². The van der Waals surface area contributed by atoms with Crippen LogP contribution in [0.3, 0.4) is 0 Å². The monoisotopic (exact) mass is 336 g/mol. The van der Waals surface area contributed by atoms with Crippen LogP contribution < -0.4 is 5.32 Å². The fraction of sp³-hybridized carbons (Fsp3) is 0.500. The van der Waals surface area contributed by atoms with E-state index in [4.69, 9.17) is 4.74 Å². The summed E-state index contributed by atoms with van der Waals surface area (Å²) in [6, 6.07) is 2.36. The lowest BCUT2D eigenvalue weighted by molar-refractivity contribution is -0.138. The molecule has 122 valence electrons. The van der Waals surface area contributed by atoms with E-state index in [1.165, 1.54) is 12.0 Å². The van der Waals surface area contributed by atoms with E-state index < -0.39 is 17.6 Å². The van der Waals surface area contributed by atoms with E-state index in [2.05, 4.69) is 5.32 Å². The highest BCUT2D eigenvalue weighted by Crippen LogP contribution is 2.42. The van der Waals surface area contributed by atoms with Crippen molar-refractivity contribution in [3.05, 3.63) is 34.4 Å². The third-order valence-electron chi connectivity index (χ3n) is 3.92. The maximum Gasteiger partial charge on any atom is 0.417 e. The van der Waals surface area contributed by atoms with Crippen LogP contribution in [0.2, 0.25) is 0 Å². The van der Waals surface area contributed by atoms with Gasteiger partial charge in [0.1, 0.15) is 0 Å². The average molecular weight is 337 g/mol. The van der Waals surface area contributed by atoms with Crippen molar-refractivity contribution in [2.75, 3.05) is 26.7 Å². The van der Waals surface area contributed by atoms with E-state index >= 15 is 0 Å². The van der Waals surface area contributed by atoms with Gasteiger partial charge in [-0.2, -0.15) is 13.2 Å². The molecule has 22 heavy (non-hydrogen) atoms. The smallest absolute Gasteiger partial charge is 0.380 e. The Kier molecular flexibility index (Phi) is 4.70. The van der Waals surface area contributed by atoms with Crippen LogP contribution in [0.4, 0.5) is 13.2 Å². The zero-order chi connectivity index (χ0) is 15.2. The Balaban J connectivity index is 0.00000176. The molecule has 2 aliphatic rings. The molecule has 1 fully saturated rings. The van der Waals surface area contributed by atoms with E-state index in [1.807, 2.05) is 0 Å². The Labute approximate surface area is 132 Å². The molecule has 0 radical (unpaired) electrons. The molecule has 2 aliphatic heterocycles. The number of rotatable bonds is 2. The number of amides is 1. The molecule has 4 nitrogen and oxygen atoms in total. The van der Waals surface area contributed by atoms with Gasteiger partial charge in [0.05, 0.1) is 23.8 Å². The molecular formula is C14H16ClF3N2O2. The lowest BCUT2D eigenvalue weighted by Gasteiger charge is -2.30. The minimum atomic E-state index is -4.55. The minimum absolute atomic E-state index is 0. The van der Waals surface area contributed by atoms with Gasteiger partial charge in [-0.05, 0) is 17.2 Å². The minimum Gasteiger partial charge on any atom is -0.380 e. The molecule has 0 aromatic heterocycles. The average Bonchev–Trinajstić information content (AvgIpc) is 2.72. The number of benzene rings is 1. The second-order valence-electron chi connectivity index (χ2n) is 5.26. The first-order valence-corrected chi connectivity index (χ1v) is 6.68. The number of nitrogens with zero attached hydrogens (tertiary/aromatic N) is 1. The first kappa shape index (κ1) is 17.1. The highest BCUT2D eigenvalue weighted by molar-refractivity contribution is 6.01. The van der Waals surface area contributed by atoms with Crippen LogP contribution in [0.5, 0.6) is 0 Å². The van der Waals surface area contributed by atoms with Gasteiger partial charge in [-0.25, -0.2) is 0 Å². The van der Waals surface area contributed by atoms with E-state index in [0.29, 0.717) is 30.8 Å². The molecule has 8 heteroatoms. The van der Waals surface area contributed by atoms with Gasteiger partial charge in [0.15, 0.2) is 0 Å². The van der Waals surface area contributed by atoms with Gasteiger partial charge in [0.25, 0.3) is 5.91 Å². The van der Waals surface area contributed by atoms with Crippen LogP contribution in [0.1, 0.15) is 33.1 Å². The SMILES string of the molecule is COCc1cc2c(c(C(F)(F)F)c1)C(=O)N1CCNC[C@@H]21.Cl. The molecule has 1 amide bonds. The van der Waals surface area contributed by atoms with Gasteiger partial charge in [0.2, 0.25) is 0 Å². The number of piperazine rings is 1. The molecule has 0 bridgehead atoms. The summed E-state index contributed by atoms with van der Waals surface area (Å²) in [6.07, 6.45) is -4.55. The van der Waals surface area contributed by atoms with Crippen molar-refractivity contribution < 1.29 is 22.7 Å². The van der Waals surface area contributed by atoms with Crippen LogP contribution in [-0.2, 0) is 17.5 Å². The second kappa shape index (κ2) is 6.06. The number of alkyl halides is 3. The van der Waals surface area contributed by atoms with E-state index in [1.54, 1.807) is 6.07 Å². The molecule has 0 spiro atoms. The zero-order valence-electron chi connectivity index (χ0n) is 11.9. The molecule has 1 atom stereocenters. The van der Waals surface area contributed by atoms with Crippen molar-refractivity contribution >= 4 is 18.3 Å². The zero-order valence-corrected chi connectivity index (χ0v) is 12.7. The molecule has 3 rings (SSSR count). The van der Waals surface area contributed by atoms with Crippen molar-refractivity contribution in [3.8, 4) is 0 Å². The maximum atomic E-state index is 13.3. The van der Waals surface area contributed by atoms with Gasteiger partial charge in [-0.3, -0.25) is 4.79 Å². The lowest BCUT2D eigenvalue weighted by Crippen LogP contribution is -2.44. The predicted molar refractivity (Wildman–Crippen MR) is 76.1 cm³/mol. The first-order chi connectivity index (χ1) is 9.93. The highest BCUT2D eigenvalue weighted by Gasteiger charge is 2.45. The first-order valence-electron chi connectivity index (χ1n) is 6.68. The van der Waals surface area contributed by atoms with Crippen molar-refractivity contribution in [1.29, 1.82) is 0 Å². The summed E-state index contributed by atoms with van der Waals surface area (Å²) < 4.78 is 44.8. The Hall–Kier alpha value is -1.31. The summed E-state index contributed by atoms with van der Waals surface area (Å²) in [5, 5.41) is 3.12. The molecule has 0 unspecified atom stereocenters. The lowest BCUT2D eigenvalue weighted by atomic mass is 9.95. The number of ether oxygens (including phenoxy) is 1. The van der Waals surface area contributed by atoms with E-state index in [9.17, 15) is 18.0 Å². The van der Waals surface area contributed by atoms with Gasteiger partial charge >= 0.3 is 6.18 Å². The van der Waals surface area contributed by atoms with Gasteiger partial charge < -0.3 is 15.0 Å². The largest absolute Gasteiger partial charge is 0.417 e. The Morgan fingerprint density at radius 3 is 2.77 bits per heavy atom. The van der Waals surface area contributed by atoms with Crippen molar-refractivity contribution in [2.45, 2.75) is 18.8 Å². The number of hydrogen-bond donors (Lipinski definition) is 1. The van der Waals surface area contributed by atoms with Crippen LogP contribution in [-0.4, -0.2) is 37.6 Å². The molecule has 2 heterocycles. The predicted octanol–water partition coefficient (Wildman–Crippen LogP) is 2.37. The topological polar surface area (TPSA) is 41.6 Å². The fourth-order valence-corrected chi connectivity index (χ4v) is 3.07. The third-order valence-corrected chi connectivity index (χ3v) is 3.92. The number of halogens is 4. The van der Waals surface area contributed by atoms with Crippen molar-refractivity contribution in [1.82, 2.24) is 10.2 Å². The second-order valence-corrected chi connectivity index (χ2v) is 5.26. The van der Waals surface area contributed by atoms with Crippen LogP contribution in [0.25, 0.3) is 0 Å². The summed E-state index contributed by atoms with van der Waals surface area (Å²) in [6.45, 7) is 1.59. The number of nitrogens with one attached hydrogen (secondary N) is 1. The fourth-order valence-electron chi connectivity index (χ4n) is 3.07. The normalized spacial score (nSPS) is 20.5. The van der Waals surface area contributed by atoms with Crippen molar-refractivity contribution in [3.63, 3.8) is 0 Å². The number of carbonyl (C=O) groups is 1.